The highest BCUT2D eigenvalue weighted by Crippen LogP contribution is 2.60. The molecule has 104 valence electrons. The molecule has 0 aromatic carbocycles. The van der Waals surface area contributed by atoms with Gasteiger partial charge in [-0.3, -0.25) is 4.68 Å². The van der Waals surface area contributed by atoms with Crippen molar-refractivity contribution < 1.29 is 0 Å². The molecule has 0 saturated heterocycles. The summed E-state index contributed by atoms with van der Waals surface area (Å²) in [4.78, 5) is 0. The molecule has 4 saturated carbocycles. The molecule has 1 N–H and O–H groups in total. The van der Waals surface area contributed by atoms with E-state index in [1.807, 2.05) is 7.05 Å². The lowest BCUT2D eigenvalue weighted by atomic mass is 9.49. The monoisotopic (exact) mass is 260 g/mol. The topological polar surface area (TPSA) is 42.7 Å². The van der Waals surface area contributed by atoms with Gasteiger partial charge in [-0.15, -0.1) is 5.10 Å². The van der Waals surface area contributed by atoms with Gasteiger partial charge in [0.25, 0.3) is 0 Å². The minimum Gasteiger partial charge on any atom is -0.314 e. The van der Waals surface area contributed by atoms with E-state index in [1.54, 1.807) is 0 Å². The summed E-state index contributed by atoms with van der Waals surface area (Å²) in [5, 5.41) is 11.7. The second kappa shape index (κ2) is 4.30. The Kier molecular flexibility index (Phi) is 2.69. The zero-order chi connectivity index (χ0) is 12.9. The molecule has 4 bridgehead atoms. The first-order valence-electron chi connectivity index (χ1n) is 7.78. The molecule has 5 rings (SSSR count). The summed E-state index contributed by atoms with van der Waals surface area (Å²) in [6.07, 6.45) is 11.0. The SMILES string of the molecule is CNCc1cn(CC23CC4CC(CC(C4)C2)C3)nn1. The van der Waals surface area contributed by atoms with Crippen molar-refractivity contribution in [3.05, 3.63) is 11.9 Å². The van der Waals surface area contributed by atoms with Crippen LogP contribution in [0.15, 0.2) is 6.20 Å². The third-order valence-corrected chi connectivity index (χ3v) is 5.61. The second-order valence-electron chi connectivity index (χ2n) is 7.36. The van der Waals surface area contributed by atoms with Gasteiger partial charge in [-0.2, -0.15) is 0 Å². The first-order chi connectivity index (χ1) is 9.25. The Hall–Kier alpha value is -0.900. The molecule has 4 aliphatic rings. The zero-order valence-electron chi connectivity index (χ0n) is 11.8. The maximum absolute atomic E-state index is 4.34. The Balaban J connectivity index is 1.52. The van der Waals surface area contributed by atoms with E-state index in [9.17, 15) is 0 Å². The van der Waals surface area contributed by atoms with Crippen LogP contribution in [0.4, 0.5) is 0 Å². The fourth-order valence-corrected chi connectivity index (χ4v) is 5.51. The summed E-state index contributed by atoms with van der Waals surface area (Å²) in [5.74, 6) is 3.06. The third kappa shape index (κ3) is 2.10. The van der Waals surface area contributed by atoms with Gasteiger partial charge in [0.2, 0.25) is 0 Å². The fourth-order valence-electron chi connectivity index (χ4n) is 5.51. The largest absolute Gasteiger partial charge is 0.314 e. The maximum atomic E-state index is 4.34. The van der Waals surface area contributed by atoms with Crippen LogP contribution in [-0.4, -0.2) is 22.0 Å². The Bertz CT molecular complexity index is 429. The molecule has 0 radical (unpaired) electrons. The number of hydrogen-bond donors (Lipinski definition) is 1. The van der Waals surface area contributed by atoms with Crippen LogP contribution in [0.2, 0.25) is 0 Å². The number of aromatic nitrogens is 3. The summed E-state index contributed by atoms with van der Waals surface area (Å²) in [5.41, 5.74) is 1.62. The molecule has 0 spiro atoms. The van der Waals surface area contributed by atoms with Gasteiger partial charge in [0, 0.05) is 19.3 Å². The molecular weight excluding hydrogens is 236 g/mol. The van der Waals surface area contributed by atoms with Crippen molar-refractivity contribution in [3.63, 3.8) is 0 Å². The lowest BCUT2D eigenvalue weighted by Crippen LogP contribution is -2.48. The van der Waals surface area contributed by atoms with Gasteiger partial charge in [0.05, 0.1) is 5.69 Å². The Morgan fingerprint density at radius 3 is 2.42 bits per heavy atom. The number of rotatable bonds is 4. The number of nitrogens with zero attached hydrogens (tertiary/aromatic N) is 3. The van der Waals surface area contributed by atoms with Crippen LogP contribution >= 0.6 is 0 Å². The average molecular weight is 260 g/mol. The minimum atomic E-state index is 0.555. The molecule has 4 fully saturated rings. The van der Waals surface area contributed by atoms with Gasteiger partial charge in [-0.1, -0.05) is 5.21 Å². The van der Waals surface area contributed by atoms with Crippen molar-refractivity contribution in [1.29, 1.82) is 0 Å². The van der Waals surface area contributed by atoms with Gasteiger partial charge in [-0.05, 0) is 68.7 Å². The lowest BCUT2D eigenvalue weighted by Gasteiger charge is -2.56. The van der Waals surface area contributed by atoms with Crippen LogP contribution in [0.3, 0.4) is 0 Å². The van der Waals surface area contributed by atoms with Crippen LogP contribution in [-0.2, 0) is 13.1 Å². The lowest BCUT2D eigenvalue weighted by molar-refractivity contribution is -0.0637. The van der Waals surface area contributed by atoms with Crippen LogP contribution in [0.1, 0.15) is 44.2 Å². The normalized spacial score (nSPS) is 39.9. The van der Waals surface area contributed by atoms with E-state index in [0.717, 1.165) is 36.5 Å². The smallest absolute Gasteiger partial charge is 0.0964 e. The summed E-state index contributed by atoms with van der Waals surface area (Å²) < 4.78 is 2.11. The predicted molar refractivity (Wildman–Crippen MR) is 73.4 cm³/mol. The fraction of sp³-hybridized carbons (Fsp3) is 0.867. The molecule has 0 amide bonds. The zero-order valence-corrected chi connectivity index (χ0v) is 11.8. The first-order valence-corrected chi connectivity index (χ1v) is 7.78. The predicted octanol–water partition coefficient (Wildman–Crippen LogP) is 2.21. The van der Waals surface area contributed by atoms with E-state index >= 15 is 0 Å². The van der Waals surface area contributed by atoms with E-state index in [1.165, 1.54) is 38.5 Å². The number of nitrogens with one attached hydrogen (secondary N) is 1. The van der Waals surface area contributed by atoms with Gasteiger partial charge >= 0.3 is 0 Å². The molecular formula is C15H24N4. The van der Waals surface area contributed by atoms with E-state index in [0.29, 0.717) is 5.41 Å². The highest BCUT2D eigenvalue weighted by Gasteiger charge is 2.51. The molecule has 4 aliphatic carbocycles. The van der Waals surface area contributed by atoms with Crippen LogP contribution < -0.4 is 5.32 Å². The maximum Gasteiger partial charge on any atom is 0.0964 e. The van der Waals surface area contributed by atoms with Crippen molar-refractivity contribution >= 4 is 0 Å². The molecule has 4 nitrogen and oxygen atoms in total. The summed E-state index contributed by atoms with van der Waals surface area (Å²) in [6, 6.07) is 0. The van der Waals surface area contributed by atoms with Gasteiger partial charge in [-0.25, -0.2) is 0 Å². The molecule has 19 heavy (non-hydrogen) atoms. The Morgan fingerprint density at radius 2 is 1.84 bits per heavy atom. The van der Waals surface area contributed by atoms with Gasteiger partial charge < -0.3 is 5.32 Å². The van der Waals surface area contributed by atoms with Gasteiger partial charge in [0.1, 0.15) is 0 Å². The van der Waals surface area contributed by atoms with Crippen LogP contribution in [0.5, 0.6) is 0 Å². The highest BCUT2D eigenvalue weighted by atomic mass is 15.4. The third-order valence-electron chi connectivity index (χ3n) is 5.61. The van der Waals surface area contributed by atoms with Crippen molar-refractivity contribution in [3.8, 4) is 0 Å². The van der Waals surface area contributed by atoms with E-state index in [-0.39, 0.29) is 0 Å². The molecule has 0 unspecified atom stereocenters. The molecule has 4 heteroatoms. The summed E-state index contributed by atoms with van der Waals surface area (Å²) in [6.45, 7) is 1.92. The average Bonchev–Trinajstić information content (AvgIpc) is 2.74. The standard InChI is InChI=1S/C15H24N4/c1-16-8-14-9-19(18-17-14)10-15-5-11-2-12(6-15)4-13(3-11)7-15/h9,11-13,16H,2-8,10H2,1H3. The van der Waals surface area contributed by atoms with E-state index in [2.05, 4.69) is 26.5 Å². The summed E-state index contributed by atoms with van der Waals surface area (Å²) >= 11 is 0. The number of hydrogen-bond acceptors (Lipinski definition) is 3. The van der Waals surface area contributed by atoms with Crippen molar-refractivity contribution in [1.82, 2.24) is 20.3 Å². The molecule has 0 atom stereocenters. The minimum absolute atomic E-state index is 0.555. The second-order valence-corrected chi connectivity index (χ2v) is 7.36. The quantitative estimate of drug-likeness (QED) is 0.902. The van der Waals surface area contributed by atoms with Gasteiger partial charge in [0.15, 0.2) is 0 Å². The molecule has 1 aromatic rings. The van der Waals surface area contributed by atoms with Crippen LogP contribution in [0, 0.1) is 23.2 Å². The van der Waals surface area contributed by atoms with Crippen LogP contribution in [0.25, 0.3) is 0 Å². The van der Waals surface area contributed by atoms with Crippen molar-refractivity contribution in [2.45, 2.75) is 51.6 Å². The molecule has 1 aromatic heterocycles. The first kappa shape index (κ1) is 11.9. The van der Waals surface area contributed by atoms with E-state index in [4.69, 9.17) is 0 Å². The Labute approximate surface area is 115 Å². The Morgan fingerprint density at radius 1 is 1.21 bits per heavy atom. The van der Waals surface area contributed by atoms with Crippen molar-refractivity contribution in [2.75, 3.05) is 7.05 Å². The molecule has 1 heterocycles. The summed E-state index contributed by atoms with van der Waals surface area (Å²) in [7, 11) is 1.96. The van der Waals surface area contributed by atoms with Crippen molar-refractivity contribution in [2.24, 2.45) is 23.2 Å². The highest BCUT2D eigenvalue weighted by molar-refractivity contribution is 5.02. The molecule has 0 aliphatic heterocycles. The van der Waals surface area contributed by atoms with E-state index < -0.39 is 0 Å².